The normalized spacial score (nSPS) is 15.8. The highest BCUT2D eigenvalue weighted by Crippen LogP contribution is 2.08. The number of carboxylic acid groups (broad SMARTS) is 1. The van der Waals surface area contributed by atoms with Crippen LogP contribution in [0, 0.1) is 0 Å². The van der Waals surface area contributed by atoms with Gasteiger partial charge in [-0.2, -0.15) is 0 Å². The summed E-state index contributed by atoms with van der Waals surface area (Å²) < 4.78 is 0. The molecule has 6 heteroatoms. The van der Waals surface area contributed by atoms with Crippen LogP contribution in [0.1, 0.15) is 6.92 Å². The molecule has 0 unspecified atom stereocenters. The Balaban J connectivity index is 4.41. The van der Waals surface area contributed by atoms with Crippen molar-refractivity contribution < 1.29 is 9.90 Å². The van der Waals surface area contributed by atoms with Gasteiger partial charge in [0.2, 0.25) is 0 Å². The van der Waals surface area contributed by atoms with E-state index < -0.39 is 11.6 Å². The van der Waals surface area contributed by atoms with Crippen LogP contribution in [0.2, 0.25) is 0 Å². The zero-order valence-electron chi connectivity index (χ0n) is 7.46. The highest BCUT2D eigenvalue weighted by molar-refractivity contribution is 6.18. The first kappa shape index (κ1) is 13.0. The van der Waals surface area contributed by atoms with E-state index in [0.29, 0.717) is 24.8 Å². The maximum Gasteiger partial charge on any atom is 0.338 e. The lowest BCUT2D eigenvalue weighted by atomic mass is 10.2. The Morgan fingerprint density at radius 3 is 2.08 bits per heavy atom. The van der Waals surface area contributed by atoms with Crippen molar-refractivity contribution in [3.05, 3.63) is 0 Å². The molecule has 0 saturated carbocycles. The third-order valence-corrected chi connectivity index (χ3v) is 2.14. The number of carbonyl (C=O) groups is 1. The van der Waals surface area contributed by atoms with Gasteiger partial charge in [-0.15, -0.1) is 23.2 Å². The number of hydrogen-bond donors (Lipinski definition) is 2. The summed E-state index contributed by atoms with van der Waals surface area (Å²) >= 11 is 11.0. The summed E-state index contributed by atoms with van der Waals surface area (Å²) in [5.41, 5.74) is 4.19. The first-order valence-corrected chi connectivity index (χ1v) is 4.93. The molecule has 3 N–H and O–H groups in total. The summed E-state index contributed by atoms with van der Waals surface area (Å²) in [5, 5.41) is 8.81. The second-order valence-corrected chi connectivity index (χ2v) is 3.57. The molecule has 0 spiro atoms. The minimum atomic E-state index is -1.40. The second kappa shape index (κ2) is 5.65. The van der Waals surface area contributed by atoms with Crippen LogP contribution >= 0.6 is 23.2 Å². The molecule has 1 atom stereocenters. The van der Waals surface area contributed by atoms with Crippen molar-refractivity contribution in [3.63, 3.8) is 0 Å². The Morgan fingerprint density at radius 2 is 1.85 bits per heavy atom. The molecule has 0 rings (SSSR count). The predicted molar refractivity (Wildman–Crippen MR) is 53.2 cm³/mol. The molecular formula is C7H14Cl2N2O2. The van der Waals surface area contributed by atoms with E-state index in [2.05, 4.69) is 0 Å². The number of alkyl halides is 2. The predicted octanol–water partition coefficient (Wildman–Crippen LogP) is 0.526. The molecule has 0 aromatic rings. The molecule has 0 aliphatic heterocycles. The highest BCUT2D eigenvalue weighted by atomic mass is 35.5. The molecule has 0 aliphatic carbocycles. The van der Waals surface area contributed by atoms with Gasteiger partial charge < -0.3 is 10.8 Å². The van der Waals surface area contributed by atoms with Gasteiger partial charge in [-0.05, 0) is 6.92 Å². The van der Waals surface area contributed by atoms with Crippen LogP contribution in [0.4, 0.5) is 0 Å². The molecule has 78 valence electrons. The molecule has 13 heavy (non-hydrogen) atoms. The first-order chi connectivity index (χ1) is 5.96. The summed E-state index contributed by atoms with van der Waals surface area (Å²) in [7, 11) is 0. The molecule has 0 bridgehead atoms. The molecule has 0 fully saturated rings. The second-order valence-electron chi connectivity index (χ2n) is 2.82. The molecule has 4 nitrogen and oxygen atoms in total. The largest absolute Gasteiger partial charge is 0.479 e. The van der Waals surface area contributed by atoms with Crippen LogP contribution in [0.25, 0.3) is 0 Å². The molecule has 0 aliphatic rings. The summed E-state index contributed by atoms with van der Waals surface area (Å²) in [6.45, 7) is 2.25. The van der Waals surface area contributed by atoms with Crippen molar-refractivity contribution in [2.45, 2.75) is 12.6 Å². The summed E-state index contributed by atoms with van der Waals surface area (Å²) in [4.78, 5) is 12.3. The van der Waals surface area contributed by atoms with E-state index in [0.717, 1.165) is 0 Å². The summed E-state index contributed by atoms with van der Waals surface area (Å²) in [6.07, 6.45) is 0. The zero-order chi connectivity index (χ0) is 10.5. The van der Waals surface area contributed by atoms with Crippen molar-refractivity contribution in [2.75, 3.05) is 24.8 Å². The average molecular weight is 229 g/mol. The first-order valence-electron chi connectivity index (χ1n) is 3.86. The Bertz CT molecular complexity index is 170. The van der Waals surface area contributed by atoms with E-state index in [-0.39, 0.29) is 0 Å². The number of rotatable bonds is 6. The molecule has 0 aromatic carbocycles. The lowest BCUT2D eigenvalue weighted by molar-refractivity contribution is -0.150. The van der Waals surface area contributed by atoms with Gasteiger partial charge in [0.15, 0.2) is 5.66 Å². The van der Waals surface area contributed by atoms with E-state index in [4.69, 9.17) is 34.0 Å². The molecule has 0 heterocycles. The van der Waals surface area contributed by atoms with Gasteiger partial charge >= 0.3 is 5.97 Å². The van der Waals surface area contributed by atoms with Crippen molar-refractivity contribution >= 4 is 29.2 Å². The van der Waals surface area contributed by atoms with Crippen molar-refractivity contribution in [1.29, 1.82) is 0 Å². The van der Waals surface area contributed by atoms with Crippen LogP contribution in [0.15, 0.2) is 0 Å². The molecular weight excluding hydrogens is 215 g/mol. The Labute approximate surface area is 87.6 Å². The average Bonchev–Trinajstić information content (AvgIpc) is 2.03. The van der Waals surface area contributed by atoms with Crippen molar-refractivity contribution in [3.8, 4) is 0 Å². The Kier molecular flexibility index (Phi) is 5.64. The van der Waals surface area contributed by atoms with E-state index in [1.807, 2.05) is 0 Å². The number of halogens is 2. The third kappa shape index (κ3) is 3.68. The van der Waals surface area contributed by atoms with Crippen LogP contribution in [-0.4, -0.2) is 46.5 Å². The smallest absolute Gasteiger partial charge is 0.338 e. The quantitative estimate of drug-likeness (QED) is 0.515. The van der Waals surface area contributed by atoms with Gasteiger partial charge in [0, 0.05) is 24.8 Å². The Hall–Kier alpha value is -0.0300. The fourth-order valence-corrected chi connectivity index (χ4v) is 1.32. The van der Waals surface area contributed by atoms with Gasteiger partial charge in [0.1, 0.15) is 0 Å². The maximum absolute atomic E-state index is 10.8. The SMILES string of the molecule is C[C@](N)(C(=O)O)N(CCCl)CCCl. The molecule has 0 radical (unpaired) electrons. The van der Waals surface area contributed by atoms with Gasteiger partial charge in [-0.3, -0.25) is 4.90 Å². The van der Waals surface area contributed by atoms with E-state index in [1.165, 1.54) is 11.8 Å². The maximum atomic E-state index is 10.8. The van der Waals surface area contributed by atoms with Crippen LogP contribution in [-0.2, 0) is 4.79 Å². The highest BCUT2D eigenvalue weighted by Gasteiger charge is 2.34. The molecule has 0 aromatic heterocycles. The fourth-order valence-electron chi connectivity index (χ4n) is 0.916. The van der Waals surface area contributed by atoms with Crippen molar-refractivity contribution in [2.24, 2.45) is 5.73 Å². The van der Waals surface area contributed by atoms with E-state index >= 15 is 0 Å². The Morgan fingerprint density at radius 1 is 1.46 bits per heavy atom. The standard InChI is InChI=1S/C7H14Cl2N2O2/c1-7(10,6(12)13)11(4-2-8)5-3-9/h2-5,10H2,1H3,(H,12,13)/t7-/m1/s1. The number of hydrogen-bond acceptors (Lipinski definition) is 3. The zero-order valence-corrected chi connectivity index (χ0v) is 8.98. The van der Waals surface area contributed by atoms with E-state index in [9.17, 15) is 4.79 Å². The monoisotopic (exact) mass is 228 g/mol. The number of nitrogens with zero attached hydrogens (tertiary/aromatic N) is 1. The lowest BCUT2D eigenvalue weighted by Crippen LogP contribution is -2.60. The fraction of sp³-hybridized carbons (Fsp3) is 0.857. The third-order valence-electron chi connectivity index (χ3n) is 1.80. The van der Waals surface area contributed by atoms with Gasteiger partial charge in [0.25, 0.3) is 0 Å². The van der Waals surface area contributed by atoms with Gasteiger partial charge in [-0.1, -0.05) is 0 Å². The number of carboxylic acids is 1. The topological polar surface area (TPSA) is 66.6 Å². The summed E-state index contributed by atoms with van der Waals surface area (Å²) in [5.74, 6) is -0.420. The van der Waals surface area contributed by atoms with Crippen LogP contribution in [0.3, 0.4) is 0 Å². The minimum absolute atomic E-state index is 0.330. The minimum Gasteiger partial charge on any atom is -0.479 e. The summed E-state index contributed by atoms with van der Waals surface area (Å²) in [6, 6.07) is 0. The van der Waals surface area contributed by atoms with Crippen LogP contribution < -0.4 is 5.73 Å². The lowest BCUT2D eigenvalue weighted by Gasteiger charge is -2.33. The van der Waals surface area contributed by atoms with E-state index in [1.54, 1.807) is 0 Å². The van der Waals surface area contributed by atoms with Crippen LogP contribution in [0.5, 0.6) is 0 Å². The van der Waals surface area contributed by atoms with Gasteiger partial charge in [-0.25, -0.2) is 4.79 Å². The molecule has 0 saturated heterocycles. The van der Waals surface area contributed by atoms with Gasteiger partial charge in [0.05, 0.1) is 0 Å². The molecule has 0 amide bonds. The van der Waals surface area contributed by atoms with Crippen molar-refractivity contribution in [1.82, 2.24) is 4.90 Å². The number of aliphatic carboxylic acids is 1. The number of nitrogens with two attached hydrogens (primary N) is 1.